The van der Waals surface area contributed by atoms with Crippen LogP contribution in [0.4, 0.5) is 4.39 Å². The first-order valence-corrected chi connectivity index (χ1v) is 9.59. The van der Waals surface area contributed by atoms with Crippen LogP contribution in [0, 0.1) is 12.7 Å². The summed E-state index contributed by atoms with van der Waals surface area (Å²) in [4.78, 5) is 38.0. The number of furan rings is 1. The number of hydrogen-bond acceptors (Lipinski definition) is 4. The van der Waals surface area contributed by atoms with Crippen LogP contribution in [0.15, 0.2) is 70.7 Å². The van der Waals surface area contributed by atoms with Gasteiger partial charge < -0.3 is 19.6 Å². The lowest BCUT2D eigenvalue weighted by Gasteiger charge is -2.12. The molecule has 8 heteroatoms. The van der Waals surface area contributed by atoms with Gasteiger partial charge in [0.2, 0.25) is 5.43 Å². The van der Waals surface area contributed by atoms with Crippen molar-refractivity contribution in [2.75, 3.05) is 6.54 Å². The minimum atomic E-state index is -0.723. The number of benzene rings is 1. The first-order chi connectivity index (χ1) is 14.9. The maximum Gasteiger partial charge on any atom is 0.257 e. The van der Waals surface area contributed by atoms with Gasteiger partial charge in [0.1, 0.15) is 28.5 Å². The van der Waals surface area contributed by atoms with Gasteiger partial charge in [0, 0.05) is 31.0 Å². The predicted molar refractivity (Wildman–Crippen MR) is 113 cm³/mol. The lowest BCUT2D eigenvalue weighted by atomic mass is 10.1. The number of rotatable bonds is 8. The molecular formula is C23H22FN3O4. The van der Waals surface area contributed by atoms with Crippen LogP contribution < -0.4 is 16.1 Å². The SMILES string of the molecule is C=CCNC(=O)c1cn(Cc2ccc(C)o2)cc(C(=O)NCc2ccccc2F)c1=O. The van der Waals surface area contributed by atoms with E-state index in [1.54, 1.807) is 31.2 Å². The van der Waals surface area contributed by atoms with Crippen LogP contribution in [0.25, 0.3) is 0 Å². The largest absolute Gasteiger partial charge is 0.464 e. The second kappa shape index (κ2) is 9.71. The number of aromatic nitrogens is 1. The summed E-state index contributed by atoms with van der Waals surface area (Å²) in [5, 5.41) is 5.08. The number of pyridine rings is 1. The maximum absolute atomic E-state index is 13.8. The summed E-state index contributed by atoms with van der Waals surface area (Å²) < 4.78 is 20.9. The third-order valence-corrected chi connectivity index (χ3v) is 4.51. The zero-order valence-electron chi connectivity index (χ0n) is 17.0. The van der Waals surface area contributed by atoms with Gasteiger partial charge in [-0.2, -0.15) is 0 Å². The first kappa shape index (κ1) is 21.8. The van der Waals surface area contributed by atoms with Crippen LogP contribution in [0.3, 0.4) is 0 Å². The lowest BCUT2D eigenvalue weighted by molar-refractivity contribution is 0.0948. The van der Waals surface area contributed by atoms with Crippen molar-refractivity contribution in [3.05, 3.63) is 106 Å². The van der Waals surface area contributed by atoms with E-state index in [1.807, 2.05) is 0 Å². The van der Waals surface area contributed by atoms with Gasteiger partial charge in [-0.15, -0.1) is 6.58 Å². The van der Waals surface area contributed by atoms with E-state index in [9.17, 15) is 18.8 Å². The molecule has 0 bridgehead atoms. The molecule has 2 amide bonds. The molecule has 2 aromatic heterocycles. The standard InChI is InChI=1S/C23H22FN3O4/c1-3-10-25-22(29)18-13-27(12-17-9-8-15(2)31-17)14-19(21(18)28)23(30)26-11-16-6-4-5-7-20(16)24/h3-9,13-14H,1,10-12H2,2H3,(H,25,29)(H,26,30). The molecule has 31 heavy (non-hydrogen) atoms. The third kappa shape index (κ3) is 5.36. The van der Waals surface area contributed by atoms with Gasteiger partial charge in [0.15, 0.2) is 0 Å². The van der Waals surface area contributed by atoms with Gasteiger partial charge in [-0.05, 0) is 25.1 Å². The summed E-state index contributed by atoms with van der Waals surface area (Å²) in [6, 6.07) is 9.56. The van der Waals surface area contributed by atoms with E-state index < -0.39 is 23.1 Å². The van der Waals surface area contributed by atoms with Crippen molar-refractivity contribution in [1.29, 1.82) is 0 Å². The minimum absolute atomic E-state index is 0.102. The molecule has 0 unspecified atom stereocenters. The molecule has 0 aliphatic carbocycles. The lowest BCUT2D eigenvalue weighted by Crippen LogP contribution is -2.35. The van der Waals surface area contributed by atoms with Crippen molar-refractivity contribution in [1.82, 2.24) is 15.2 Å². The van der Waals surface area contributed by atoms with Gasteiger partial charge >= 0.3 is 0 Å². The molecule has 0 aliphatic rings. The Bertz CT molecular complexity index is 1180. The smallest absolute Gasteiger partial charge is 0.257 e. The van der Waals surface area contributed by atoms with Crippen LogP contribution in [0.2, 0.25) is 0 Å². The number of carbonyl (C=O) groups is 2. The first-order valence-electron chi connectivity index (χ1n) is 9.59. The molecule has 3 aromatic rings. The van der Waals surface area contributed by atoms with Crippen LogP contribution in [-0.2, 0) is 13.1 Å². The monoisotopic (exact) mass is 423 g/mol. The Kier molecular flexibility index (Phi) is 6.81. The summed E-state index contributed by atoms with van der Waals surface area (Å²) >= 11 is 0. The average Bonchev–Trinajstić information content (AvgIpc) is 3.16. The molecule has 160 valence electrons. The van der Waals surface area contributed by atoms with E-state index in [0.29, 0.717) is 11.5 Å². The maximum atomic E-state index is 13.8. The fraction of sp³-hybridized carbons (Fsp3) is 0.174. The summed E-state index contributed by atoms with van der Waals surface area (Å²) in [6.45, 7) is 5.60. The van der Waals surface area contributed by atoms with Crippen molar-refractivity contribution >= 4 is 11.8 Å². The summed E-state index contributed by atoms with van der Waals surface area (Å²) in [7, 11) is 0. The Hall–Kier alpha value is -3.94. The molecule has 0 radical (unpaired) electrons. The number of carbonyl (C=O) groups excluding carboxylic acids is 2. The van der Waals surface area contributed by atoms with Gasteiger partial charge in [-0.3, -0.25) is 14.4 Å². The van der Waals surface area contributed by atoms with Crippen molar-refractivity contribution in [3.63, 3.8) is 0 Å². The average molecular weight is 423 g/mol. The van der Waals surface area contributed by atoms with E-state index in [1.165, 1.54) is 35.2 Å². The highest BCUT2D eigenvalue weighted by molar-refractivity contribution is 5.99. The molecule has 0 atom stereocenters. The number of nitrogens with one attached hydrogen (secondary N) is 2. The molecular weight excluding hydrogens is 401 g/mol. The Labute approximate surface area is 178 Å². The second-order valence-electron chi connectivity index (χ2n) is 6.87. The Balaban J connectivity index is 1.92. The molecule has 7 nitrogen and oxygen atoms in total. The Morgan fingerprint density at radius 3 is 2.39 bits per heavy atom. The topological polar surface area (TPSA) is 93.3 Å². The van der Waals surface area contributed by atoms with Crippen LogP contribution >= 0.6 is 0 Å². The predicted octanol–water partition coefficient (Wildman–Crippen LogP) is 2.78. The highest BCUT2D eigenvalue weighted by atomic mass is 19.1. The molecule has 2 N–H and O–H groups in total. The highest BCUT2D eigenvalue weighted by Gasteiger charge is 2.19. The molecule has 0 saturated heterocycles. The number of halogens is 1. The quantitative estimate of drug-likeness (QED) is 0.545. The van der Waals surface area contributed by atoms with Gasteiger partial charge in [0.25, 0.3) is 11.8 Å². The highest BCUT2D eigenvalue weighted by Crippen LogP contribution is 2.10. The Morgan fingerprint density at radius 1 is 1.10 bits per heavy atom. The molecule has 3 rings (SSSR count). The van der Waals surface area contributed by atoms with Crippen molar-refractivity contribution in [3.8, 4) is 0 Å². The fourth-order valence-corrected chi connectivity index (χ4v) is 2.97. The number of nitrogens with zero attached hydrogens (tertiary/aromatic N) is 1. The summed E-state index contributed by atoms with van der Waals surface area (Å²) in [6.07, 6.45) is 4.19. The molecule has 0 aliphatic heterocycles. The molecule has 2 heterocycles. The van der Waals surface area contributed by atoms with Gasteiger partial charge in [-0.25, -0.2) is 4.39 Å². The van der Waals surface area contributed by atoms with Crippen LogP contribution in [0.1, 0.15) is 37.8 Å². The Morgan fingerprint density at radius 2 is 1.77 bits per heavy atom. The number of hydrogen-bond donors (Lipinski definition) is 2. The van der Waals surface area contributed by atoms with Gasteiger partial charge in [-0.1, -0.05) is 24.3 Å². The van der Waals surface area contributed by atoms with Gasteiger partial charge in [0.05, 0.1) is 6.54 Å². The van der Waals surface area contributed by atoms with Crippen LogP contribution in [0.5, 0.6) is 0 Å². The zero-order chi connectivity index (χ0) is 22.4. The summed E-state index contributed by atoms with van der Waals surface area (Å²) in [5.41, 5.74) is -0.865. The van der Waals surface area contributed by atoms with E-state index in [4.69, 9.17) is 4.42 Å². The molecule has 0 fully saturated rings. The van der Waals surface area contributed by atoms with Crippen molar-refractivity contribution < 1.29 is 18.4 Å². The number of amides is 2. The number of aryl methyl sites for hydroxylation is 1. The zero-order valence-corrected chi connectivity index (χ0v) is 17.0. The minimum Gasteiger partial charge on any atom is -0.464 e. The van der Waals surface area contributed by atoms with E-state index in [2.05, 4.69) is 17.2 Å². The fourth-order valence-electron chi connectivity index (χ4n) is 2.97. The van der Waals surface area contributed by atoms with Crippen molar-refractivity contribution in [2.45, 2.75) is 20.0 Å². The summed E-state index contributed by atoms with van der Waals surface area (Å²) in [5.74, 6) is -0.501. The molecule has 0 saturated carbocycles. The van der Waals surface area contributed by atoms with Crippen LogP contribution in [-0.4, -0.2) is 22.9 Å². The second-order valence-corrected chi connectivity index (χ2v) is 6.87. The molecule has 0 spiro atoms. The molecule has 1 aromatic carbocycles. The van der Waals surface area contributed by atoms with E-state index in [-0.39, 0.29) is 36.3 Å². The van der Waals surface area contributed by atoms with Crippen molar-refractivity contribution in [2.24, 2.45) is 0 Å². The van der Waals surface area contributed by atoms with E-state index in [0.717, 1.165) is 0 Å². The van der Waals surface area contributed by atoms with E-state index >= 15 is 0 Å². The third-order valence-electron chi connectivity index (χ3n) is 4.51. The normalized spacial score (nSPS) is 10.5.